The number of H-pyrrole nitrogens is 1. The first-order chi connectivity index (χ1) is 18.5. The lowest BCUT2D eigenvalue weighted by atomic mass is 9.89. The highest BCUT2D eigenvalue weighted by Gasteiger charge is 2.16. The number of aromatic amines is 1. The first-order valence-corrected chi connectivity index (χ1v) is 13.1. The number of ether oxygens (including phenoxy) is 3. The summed E-state index contributed by atoms with van der Waals surface area (Å²) in [5.41, 5.74) is 6.48. The molecule has 2 aromatic heterocycles. The minimum atomic E-state index is 0.250. The van der Waals surface area contributed by atoms with Crippen LogP contribution in [0.4, 0.5) is 5.95 Å². The van der Waals surface area contributed by atoms with Crippen molar-refractivity contribution in [1.82, 2.24) is 25.1 Å². The molecule has 2 unspecified atom stereocenters. The minimum Gasteiger partial charge on any atom is -0.493 e. The third-order valence-corrected chi connectivity index (χ3v) is 5.79. The molecule has 2 atom stereocenters. The summed E-state index contributed by atoms with van der Waals surface area (Å²) < 4.78 is 16.2. The molecule has 0 bridgehead atoms. The Morgan fingerprint density at radius 3 is 2.21 bits per heavy atom. The average Bonchev–Trinajstić information content (AvgIpc) is 3.38. The topological polar surface area (TPSA) is 121 Å². The fraction of sp³-hybridized carbons (Fsp3) is 0.448. The fourth-order valence-corrected chi connectivity index (χ4v) is 4.09. The lowest BCUT2D eigenvalue weighted by Crippen LogP contribution is -2.17. The van der Waals surface area contributed by atoms with Gasteiger partial charge in [-0.2, -0.15) is 4.98 Å². The number of methoxy groups -OCH3 is 2. The highest BCUT2D eigenvalue weighted by molar-refractivity contribution is 5.43. The van der Waals surface area contributed by atoms with Crippen LogP contribution in [-0.4, -0.2) is 46.0 Å². The lowest BCUT2D eigenvalue weighted by Gasteiger charge is -2.21. The molecule has 3 N–H and O–H groups in total. The Balaban J connectivity index is 0.000000252. The Kier molecular flexibility index (Phi) is 13.4. The number of nitrogens with zero attached hydrogens (tertiary/aromatic N) is 4. The standard InChI is InChI=1S/C16H22N2O.C11H14N4O2.C2H6/c1-13-5-3-4-6-14(2)10-15(9-13)11-19-16-7-8-17-12-18-16;1-16-8-4-3-7(5-9(8)17-2)6-10-13-11(12)15-14-10;1-2/h3-8,12-15H,9-11H2,1-2H3;3-5H,6H2,1-2H3,(H3,12,13,14,15);1-2H3/b5-3-,6-4-;;. The zero-order chi connectivity index (χ0) is 27.8. The quantitative estimate of drug-likeness (QED) is 0.407. The van der Waals surface area contributed by atoms with Crippen LogP contribution in [0, 0.1) is 17.8 Å². The molecule has 0 radical (unpaired) electrons. The van der Waals surface area contributed by atoms with Gasteiger partial charge < -0.3 is 19.9 Å². The molecule has 1 aliphatic carbocycles. The maximum absolute atomic E-state index is 5.78. The zero-order valence-corrected chi connectivity index (χ0v) is 23.4. The molecular formula is C29H42N6O3. The molecule has 0 saturated carbocycles. The fourth-order valence-electron chi connectivity index (χ4n) is 4.09. The molecule has 206 valence electrons. The predicted octanol–water partition coefficient (Wildman–Crippen LogP) is 5.67. The van der Waals surface area contributed by atoms with Gasteiger partial charge in [0.1, 0.15) is 12.2 Å². The van der Waals surface area contributed by atoms with E-state index >= 15 is 0 Å². The van der Waals surface area contributed by atoms with Crippen molar-refractivity contribution in [1.29, 1.82) is 0 Å². The molecule has 4 rings (SSSR count). The molecule has 1 aromatic carbocycles. The van der Waals surface area contributed by atoms with Crippen molar-refractivity contribution >= 4 is 5.95 Å². The van der Waals surface area contributed by atoms with Gasteiger partial charge in [0.05, 0.1) is 20.8 Å². The molecule has 2 heterocycles. The summed E-state index contributed by atoms with van der Waals surface area (Å²) in [6, 6.07) is 7.51. The largest absolute Gasteiger partial charge is 0.493 e. The van der Waals surface area contributed by atoms with Crippen molar-refractivity contribution in [3.05, 3.63) is 72.5 Å². The number of hydrogen-bond acceptors (Lipinski definition) is 8. The van der Waals surface area contributed by atoms with E-state index in [4.69, 9.17) is 19.9 Å². The van der Waals surface area contributed by atoms with E-state index in [1.807, 2.05) is 38.1 Å². The normalized spacial score (nSPS) is 20.1. The molecule has 0 saturated heterocycles. The van der Waals surface area contributed by atoms with Crippen LogP contribution in [-0.2, 0) is 6.42 Å². The molecule has 9 heteroatoms. The van der Waals surface area contributed by atoms with E-state index < -0.39 is 0 Å². The Bertz CT molecular complexity index is 1100. The number of anilines is 1. The summed E-state index contributed by atoms with van der Waals surface area (Å²) in [7, 11) is 3.21. The maximum Gasteiger partial charge on any atom is 0.239 e. The third kappa shape index (κ3) is 10.6. The number of aromatic nitrogens is 5. The average molecular weight is 523 g/mol. The number of nitrogens with one attached hydrogen (secondary N) is 1. The van der Waals surface area contributed by atoms with Crippen LogP contribution in [0.25, 0.3) is 0 Å². The lowest BCUT2D eigenvalue weighted by molar-refractivity contribution is 0.206. The summed E-state index contributed by atoms with van der Waals surface area (Å²) in [5, 5.41) is 6.54. The van der Waals surface area contributed by atoms with E-state index in [-0.39, 0.29) is 5.95 Å². The van der Waals surface area contributed by atoms with Gasteiger partial charge in [-0.25, -0.2) is 9.97 Å². The number of benzene rings is 1. The highest BCUT2D eigenvalue weighted by atomic mass is 16.5. The van der Waals surface area contributed by atoms with Gasteiger partial charge in [-0.3, -0.25) is 5.10 Å². The third-order valence-electron chi connectivity index (χ3n) is 5.79. The molecule has 38 heavy (non-hydrogen) atoms. The monoisotopic (exact) mass is 522 g/mol. The van der Waals surface area contributed by atoms with Crippen molar-refractivity contribution in [2.75, 3.05) is 26.6 Å². The van der Waals surface area contributed by atoms with Crippen LogP contribution in [0.3, 0.4) is 0 Å². The van der Waals surface area contributed by atoms with Crippen molar-refractivity contribution in [3.8, 4) is 17.4 Å². The number of hydrogen-bond donors (Lipinski definition) is 2. The van der Waals surface area contributed by atoms with E-state index in [0.29, 0.717) is 41.6 Å². The molecule has 9 nitrogen and oxygen atoms in total. The van der Waals surface area contributed by atoms with Crippen molar-refractivity contribution in [2.24, 2.45) is 17.8 Å². The summed E-state index contributed by atoms with van der Waals surface area (Å²) in [4.78, 5) is 12.0. The smallest absolute Gasteiger partial charge is 0.239 e. The van der Waals surface area contributed by atoms with E-state index in [2.05, 4.69) is 63.3 Å². The predicted molar refractivity (Wildman–Crippen MR) is 151 cm³/mol. The minimum absolute atomic E-state index is 0.250. The number of nitrogen functional groups attached to an aromatic ring is 1. The molecule has 0 fully saturated rings. The Morgan fingerprint density at radius 2 is 1.66 bits per heavy atom. The maximum atomic E-state index is 5.78. The van der Waals surface area contributed by atoms with Crippen LogP contribution in [0.1, 0.15) is 51.9 Å². The number of rotatable bonds is 7. The van der Waals surface area contributed by atoms with E-state index in [1.54, 1.807) is 20.4 Å². The first kappa shape index (κ1) is 30.3. The van der Waals surface area contributed by atoms with Crippen LogP contribution in [0.2, 0.25) is 0 Å². The molecule has 3 aromatic rings. The van der Waals surface area contributed by atoms with E-state index in [1.165, 1.54) is 6.33 Å². The van der Waals surface area contributed by atoms with Gasteiger partial charge in [0, 0.05) is 18.7 Å². The zero-order valence-electron chi connectivity index (χ0n) is 23.4. The number of allylic oxidation sites excluding steroid dienone is 4. The second-order valence-electron chi connectivity index (χ2n) is 8.93. The summed E-state index contributed by atoms with van der Waals surface area (Å²) in [6.07, 6.45) is 15.0. The van der Waals surface area contributed by atoms with Crippen LogP contribution >= 0.6 is 0 Å². The molecule has 0 amide bonds. The Hall–Kier alpha value is -3.88. The van der Waals surface area contributed by atoms with E-state index in [9.17, 15) is 0 Å². The van der Waals surface area contributed by atoms with Crippen LogP contribution < -0.4 is 19.9 Å². The summed E-state index contributed by atoms with van der Waals surface area (Å²) in [6.45, 7) is 9.25. The molecular weight excluding hydrogens is 480 g/mol. The second kappa shape index (κ2) is 16.8. The van der Waals surface area contributed by atoms with Crippen molar-refractivity contribution in [3.63, 3.8) is 0 Å². The van der Waals surface area contributed by atoms with Crippen LogP contribution in [0.5, 0.6) is 17.4 Å². The van der Waals surface area contributed by atoms with Gasteiger partial charge in [0.2, 0.25) is 11.8 Å². The number of nitrogens with two attached hydrogens (primary N) is 1. The van der Waals surface area contributed by atoms with Crippen molar-refractivity contribution < 1.29 is 14.2 Å². The van der Waals surface area contributed by atoms with E-state index in [0.717, 1.165) is 30.8 Å². The Labute approximate surface area is 226 Å². The first-order valence-electron chi connectivity index (χ1n) is 13.1. The highest BCUT2D eigenvalue weighted by Crippen LogP contribution is 2.28. The van der Waals surface area contributed by atoms with Gasteiger partial charge in [-0.15, -0.1) is 5.10 Å². The van der Waals surface area contributed by atoms with Crippen molar-refractivity contribution in [2.45, 2.75) is 47.0 Å². The van der Waals surface area contributed by atoms with Gasteiger partial charge in [0.15, 0.2) is 11.5 Å². The Morgan fingerprint density at radius 1 is 0.974 bits per heavy atom. The SMILES string of the molecule is CC.CC1/C=C\C=C/C(C)CC(COc2ccncn2)C1.COc1ccc(Cc2nc(N)n[nH]2)cc1OC. The molecule has 0 aliphatic heterocycles. The van der Waals surface area contributed by atoms with Gasteiger partial charge in [0.25, 0.3) is 0 Å². The molecule has 1 aliphatic rings. The molecule has 0 spiro atoms. The van der Waals surface area contributed by atoms with Crippen LogP contribution in [0.15, 0.2) is 61.1 Å². The summed E-state index contributed by atoms with van der Waals surface area (Å²) >= 11 is 0. The van der Waals surface area contributed by atoms with Gasteiger partial charge in [-0.05, 0) is 48.3 Å². The van der Waals surface area contributed by atoms with Gasteiger partial charge in [-0.1, -0.05) is 58.1 Å². The summed E-state index contributed by atoms with van der Waals surface area (Å²) in [5.74, 6) is 4.78. The van der Waals surface area contributed by atoms with Gasteiger partial charge >= 0.3 is 0 Å². The second-order valence-corrected chi connectivity index (χ2v) is 8.93.